The summed E-state index contributed by atoms with van der Waals surface area (Å²) in [6.45, 7) is 4.11. The van der Waals surface area contributed by atoms with Crippen LogP contribution in [0.2, 0.25) is 0 Å². The van der Waals surface area contributed by atoms with Gasteiger partial charge in [0.2, 0.25) is 5.95 Å². The SMILES string of the molecule is Cc1cc(N2CCN(S(=O)(=O)c3ccc(Br)s3)CC2)nc(NC2CCCCC2)n1. The number of hydrogen-bond donors (Lipinski definition) is 1. The van der Waals surface area contributed by atoms with Crippen LogP contribution in [0.5, 0.6) is 0 Å². The minimum absolute atomic E-state index is 0.384. The number of hydrogen-bond acceptors (Lipinski definition) is 7. The molecule has 2 fully saturated rings. The molecule has 2 aromatic rings. The van der Waals surface area contributed by atoms with Gasteiger partial charge in [0, 0.05) is 44.0 Å². The Hall–Kier alpha value is -1.23. The number of nitrogens with one attached hydrogen (secondary N) is 1. The molecule has 29 heavy (non-hydrogen) atoms. The van der Waals surface area contributed by atoms with E-state index in [9.17, 15) is 8.42 Å². The third-order valence-electron chi connectivity index (χ3n) is 5.48. The Bertz CT molecular complexity index is 951. The van der Waals surface area contributed by atoms with Crippen molar-refractivity contribution in [2.24, 2.45) is 0 Å². The lowest BCUT2D eigenvalue weighted by Crippen LogP contribution is -2.48. The van der Waals surface area contributed by atoms with Crippen LogP contribution in [0.1, 0.15) is 37.8 Å². The molecule has 0 unspecified atom stereocenters. The third kappa shape index (κ3) is 4.92. The van der Waals surface area contributed by atoms with Crippen molar-refractivity contribution < 1.29 is 8.42 Å². The van der Waals surface area contributed by atoms with E-state index in [1.807, 2.05) is 13.0 Å². The summed E-state index contributed by atoms with van der Waals surface area (Å²) < 4.78 is 28.4. The van der Waals surface area contributed by atoms with Crippen molar-refractivity contribution >= 4 is 49.1 Å². The zero-order chi connectivity index (χ0) is 20.4. The third-order valence-corrected chi connectivity index (χ3v) is 9.47. The van der Waals surface area contributed by atoms with Crippen molar-refractivity contribution in [3.8, 4) is 0 Å². The fourth-order valence-electron chi connectivity index (χ4n) is 3.93. The summed E-state index contributed by atoms with van der Waals surface area (Å²) in [5.41, 5.74) is 0.923. The zero-order valence-electron chi connectivity index (χ0n) is 16.5. The van der Waals surface area contributed by atoms with Crippen molar-refractivity contribution in [1.29, 1.82) is 0 Å². The summed E-state index contributed by atoms with van der Waals surface area (Å²) in [5, 5.41) is 3.50. The van der Waals surface area contributed by atoms with Gasteiger partial charge in [0.1, 0.15) is 10.0 Å². The van der Waals surface area contributed by atoms with E-state index in [0.29, 0.717) is 42.4 Å². The molecule has 1 aliphatic heterocycles. The van der Waals surface area contributed by atoms with E-state index >= 15 is 0 Å². The number of anilines is 2. The van der Waals surface area contributed by atoms with Crippen molar-refractivity contribution in [3.05, 3.63) is 27.7 Å². The highest BCUT2D eigenvalue weighted by atomic mass is 79.9. The van der Waals surface area contributed by atoms with E-state index in [-0.39, 0.29) is 0 Å². The molecule has 0 spiro atoms. The summed E-state index contributed by atoms with van der Waals surface area (Å²) in [6, 6.07) is 5.86. The van der Waals surface area contributed by atoms with E-state index in [4.69, 9.17) is 4.98 Å². The Kier molecular flexibility index (Phi) is 6.43. The maximum atomic E-state index is 12.8. The number of rotatable bonds is 5. The maximum Gasteiger partial charge on any atom is 0.252 e. The fraction of sp³-hybridized carbons (Fsp3) is 0.579. The molecule has 4 rings (SSSR count). The van der Waals surface area contributed by atoms with Gasteiger partial charge in [-0.25, -0.2) is 13.4 Å². The minimum atomic E-state index is -3.43. The van der Waals surface area contributed by atoms with Gasteiger partial charge in [-0.3, -0.25) is 0 Å². The Balaban J connectivity index is 1.43. The first-order valence-electron chi connectivity index (χ1n) is 10.0. The van der Waals surface area contributed by atoms with E-state index in [1.165, 1.54) is 43.4 Å². The molecule has 0 amide bonds. The summed E-state index contributed by atoms with van der Waals surface area (Å²) in [5.74, 6) is 1.55. The molecule has 10 heteroatoms. The molecule has 0 radical (unpaired) electrons. The van der Waals surface area contributed by atoms with Gasteiger partial charge in [-0.1, -0.05) is 19.3 Å². The molecule has 3 heterocycles. The monoisotopic (exact) mass is 499 g/mol. The molecule has 2 aromatic heterocycles. The van der Waals surface area contributed by atoms with Gasteiger partial charge in [0.05, 0.1) is 3.79 Å². The summed E-state index contributed by atoms with van der Waals surface area (Å²) in [7, 11) is -3.43. The molecule has 158 valence electrons. The van der Waals surface area contributed by atoms with Crippen molar-refractivity contribution in [1.82, 2.24) is 14.3 Å². The molecule has 1 saturated heterocycles. The van der Waals surface area contributed by atoms with E-state index < -0.39 is 10.0 Å². The summed E-state index contributed by atoms with van der Waals surface area (Å²) >= 11 is 4.60. The van der Waals surface area contributed by atoms with Gasteiger partial charge in [0.15, 0.2) is 0 Å². The second-order valence-electron chi connectivity index (χ2n) is 7.62. The van der Waals surface area contributed by atoms with Crippen LogP contribution < -0.4 is 10.2 Å². The highest BCUT2D eigenvalue weighted by molar-refractivity contribution is 9.11. The highest BCUT2D eigenvalue weighted by Gasteiger charge is 2.30. The molecule has 1 N–H and O–H groups in total. The number of aryl methyl sites for hydroxylation is 1. The number of nitrogens with zero attached hydrogens (tertiary/aromatic N) is 4. The minimum Gasteiger partial charge on any atom is -0.354 e. The normalized spacial score (nSPS) is 19.4. The van der Waals surface area contributed by atoms with Crippen LogP contribution >= 0.6 is 27.3 Å². The maximum absolute atomic E-state index is 12.8. The Morgan fingerprint density at radius 3 is 2.48 bits per heavy atom. The summed E-state index contributed by atoms with van der Waals surface area (Å²) in [6.07, 6.45) is 6.17. The van der Waals surface area contributed by atoms with Crippen molar-refractivity contribution in [2.45, 2.75) is 49.3 Å². The lowest BCUT2D eigenvalue weighted by molar-refractivity contribution is 0.384. The molecule has 1 saturated carbocycles. The number of thiophene rings is 1. The van der Waals surface area contributed by atoms with Gasteiger partial charge in [-0.15, -0.1) is 11.3 Å². The first-order chi connectivity index (χ1) is 13.9. The van der Waals surface area contributed by atoms with Crippen molar-refractivity contribution in [3.63, 3.8) is 0 Å². The second-order valence-corrected chi connectivity index (χ2v) is 12.2. The second kappa shape index (κ2) is 8.87. The van der Waals surface area contributed by atoms with Gasteiger partial charge >= 0.3 is 0 Å². The molecule has 7 nitrogen and oxygen atoms in total. The van der Waals surface area contributed by atoms with E-state index in [2.05, 4.69) is 31.1 Å². The van der Waals surface area contributed by atoms with Gasteiger partial charge in [0.25, 0.3) is 10.0 Å². The van der Waals surface area contributed by atoms with Crippen LogP contribution in [0.25, 0.3) is 0 Å². The summed E-state index contributed by atoms with van der Waals surface area (Å²) in [4.78, 5) is 11.4. The van der Waals surface area contributed by atoms with Crippen LogP contribution in [0.15, 0.2) is 26.2 Å². The van der Waals surface area contributed by atoms with Crippen molar-refractivity contribution in [2.75, 3.05) is 36.4 Å². The van der Waals surface area contributed by atoms with E-state index in [1.54, 1.807) is 16.4 Å². The Morgan fingerprint density at radius 2 is 1.83 bits per heavy atom. The van der Waals surface area contributed by atoms with Crippen LogP contribution in [0.4, 0.5) is 11.8 Å². The quantitative estimate of drug-likeness (QED) is 0.672. The van der Waals surface area contributed by atoms with E-state index in [0.717, 1.165) is 15.3 Å². The number of piperazine rings is 1. The largest absolute Gasteiger partial charge is 0.354 e. The molecule has 1 aliphatic carbocycles. The van der Waals surface area contributed by atoms with Crippen LogP contribution in [-0.2, 0) is 10.0 Å². The van der Waals surface area contributed by atoms with Gasteiger partial charge in [-0.2, -0.15) is 9.29 Å². The first kappa shape index (κ1) is 21.0. The average molecular weight is 500 g/mol. The highest BCUT2D eigenvalue weighted by Crippen LogP contribution is 2.29. The predicted octanol–water partition coefficient (Wildman–Crippen LogP) is 3.86. The fourth-order valence-corrected chi connectivity index (χ4v) is 7.52. The molecular weight excluding hydrogens is 474 g/mol. The molecule has 0 atom stereocenters. The first-order valence-corrected chi connectivity index (χ1v) is 13.1. The smallest absolute Gasteiger partial charge is 0.252 e. The lowest BCUT2D eigenvalue weighted by atomic mass is 9.96. The van der Waals surface area contributed by atoms with Gasteiger partial charge in [-0.05, 0) is 47.8 Å². The Labute approximate surface area is 184 Å². The molecule has 2 aliphatic rings. The van der Waals surface area contributed by atoms with Gasteiger partial charge < -0.3 is 10.2 Å². The topological polar surface area (TPSA) is 78.4 Å². The number of aromatic nitrogens is 2. The average Bonchev–Trinajstić information content (AvgIpc) is 3.16. The molecular formula is C19H26BrN5O2S2. The lowest BCUT2D eigenvalue weighted by Gasteiger charge is -2.34. The van der Waals surface area contributed by atoms with Crippen LogP contribution in [0.3, 0.4) is 0 Å². The van der Waals surface area contributed by atoms with Crippen LogP contribution in [0, 0.1) is 6.92 Å². The standard InChI is InChI=1S/C19H26BrN5O2S2/c1-14-13-17(23-19(21-14)22-15-5-3-2-4-6-15)24-9-11-25(12-10-24)29(26,27)18-8-7-16(20)28-18/h7-8,13,15H,2-6,9-12H2,1H3,(H,21,22,23). The number of halogens is 1. The number of sulfonamides is 1. The van der Waals surface area contributed by atoms with Crippen LogP contribution in [-0.4, -0.2) is 54.9 Å². The predicted molar refractivity (Wildman–Crippen MR) is 120 cm³/mol. The zero-order valence-corrected chi connectivity index (χ0v) is 19.7. The molecule has 0 bridgehead atoms. The molecule has 0 aromatic carbocycles. The Morgan fingerprint density at radius 1 is 1.10 bits per heavy atom.